The average Bonchev–Trinajstić information content (AvgIpc) is 2.55. The lowest BCUT2D eigenvalue weighted by Crippen LogP contribution is -2.64. The molecule has 6 nitrogen and oxygen atoms in total. The summed E-state index contributed by atoms with van der Waals surface area (Å²) in [7, 11) is -3.82. The van der Waals surface area contributed by atoms with Crippen LogP contribution in [0.5, 0.6) is 0 Å². The van der Waals surface area contributed by atoms with E-state index in [1.165, 1.54) is 10.4 Å². The van der Waals surface area contributed by atoms with Gasteiger partial charge in [-0.1, -0.05) is 11.6 Å². The van der Waals surface area contributed by atoms with Gasteiger partial charge in [-0.2, -0.15) is 4.31 Å². The Morgan fingerprint density at radius 3 is 2.56 bits per heavy atom. The van der Waals surface area contributed by atoms with Crippen LogP contribution in [-0.2, 0) is 14.8 Å². The number of hydrogen-bond donors (Lipinski definition) is 2. The first-order valence-electron chi connectivity index (χ1n) is 8.08. The molecule has 0 bridgehead atoms. The Balaban J connectivity index is 1.78. The molecule has 2 aliphatic heterocycles. The lowest BCUT2D eigenvalue weighted by Gasteiger charge is -2.51. The number of sulfonamides is 1. The highest BCUT2D eigenvalue weighted by molar-refractivity contribution is 7.89. The first-order chi connectivity index (χ1) is 11.6. The zero-order valence-electron chi connectivity index (χ0n) is 13.8. The molecule has 0 radical (unpaired) electrons. The van der Waals surface area contributed by atoms with Crippen LogP contribution in [0.2, 0.25) is 5.02 Å². The Labute approximate surface area is 151 Å². The molecule has 2 fully saturated rings. The number of rotatable bonds is 2. The molecule has 1 aromatic rings. The molecule has 2 heterocycles. The van der Waals surface area contributed by atoms with Crippen molar-refractivity contribution >= 4 is 21.6 Å². The van der Waals surface area contributed by atoms with Crippen LogP contribution in [0.4, 0.5) is 4.39 Å². The van der Waals surface area contributed by atoms with Crippen LogP contribution in [0.25, 0.3) is 0 Å². The molecule has 2 saturated heterocycles. The highest BCUT2D eigenvalue weighted by Crippen LogP contribution is 2.40. The van der Waals surface area contributed by atoms with Crippen LogP contribution in [-0.4, -0.2) is 59.9 Å². The Morgan fingerprint density at radius 1 is 1.32 bits per heavy atom. The molecule has 0 saturated carbocycles. The van der Waals surface area contributed by atoms with E-state index >= 15 is 0 Å². The van der Waals surface area contributed by atoms with Gasteiger partial charge in [0.2, 0.25) is 10.0 Å². The van der Waals surface area contributed by atoms with Crippen LogP contribution in [0.1, 0.15) is 26.2 Å². The Bertz CT molecular complexity index is 762. The van der Waals surface area contributed by atoms with E-state index in [2.05, 4.69) is 0 Å². The van der Waals surface area contributed by atoms with Gasteiger partial charge in [0, 0.05) is 19.5 Å². The van der Waals surface area contributed by atoms with Crippen molar-refractivity contribution in [2.45, 2.75) is 48.4 Å². The van der Waals surface area contributed by atoms with E-state index in [0.717, 1.165) is 12.1 Å². The molecule has 2 N–H and O–H groups in total. The van der Waals surface area contributed by atoms with Crippen molar-refractivity contribution in [3.05, 3.63) is 29.0 Å². The van der Waals surface area contributed by atoms with Crippen LogP contribution < -0.4 is 0 Å². The third-order valence-electron chi connectivity index (χ3n) is 5.18. The monoisotopic (exact) mass is 393 g/mol. The first-order valence-corrected chi connectivity index (χ1v) is 9.90. The van der Waals surface area contributed by atoms with Gasteiger partial charge in [0.25, 0.3) is 0 Å². The van der Waals surface area contributed by atoms with E-state index in [-0.39, 0.29) is 35.8 Å². The van der Waals surface area contributed by atoms with Crippen molar-refractivity contribution in [2.75, 3.05) is 19.7 Å². The zero-order chi connectivity index (χ0) is 18.5. The van der Waals surface area contributed by atoms with Crippen molar-refractivity contribution in [3.8, 4) is 0 Å². The van der Waals surface area contributed by atoms with E-state index in [0.29, 0.717) is 13.0 Å². The van der Waals surface area contributed by atoms with E-state index in [4.69, 9.17) is 16.3 Å². The third-order valence-corrected chi connectivity index (χ3v) is 7.37. The molecule has 0 unspecified atom stereocenters. The SMILES string of the molecule is C[C@@]1(O)CCOC2(CCN(S(=O)(=O)c3ccc(F)c(Cl)c3)CC2)[C@H]1O. The summed E-state index contributed by atoms with van der Waals surface area (Å²) in [6.07, 6.45) is -0.234. The van der Waals surface area contributed by atoms with Crippen LogP contribution >= 0.6 is 11.6 Å². The summed E-state index contributed by atoms with van der Waals surface area (Å²) in [5, 5.41) is 20.5. The fraction of sp³-hybridized carbons (Fsp3) is 0.625. The fourth-order valence-corrected chi connectivity index (χ4v) is 5.27. The van der Waals surface area contributed by atoms with Crippen molar-refractivity contribution in [1.82, 2.24) is 4.31 Å². The minimum absolute atomic E-state index is 0.0769. The smallest absolute Gasteiger partial charge is 0.243 e. The molecule has 3 rings (SSSR count). The van der Waals surface area contributed by atoms with Gasteiger partial charge in [-0.15, -0.1) is 0 Å². The molecule has 9 heteroatoms. The second-order valence-corrected chi connectivity index (χ2v) is 9.25. The van der Waals surface area contributed by atoms with Crippen molar-refractivity contribution in [1.29, 1.82) is 0 Å². The summed E-state index contributed by atoms with van der Waals surface area (Å²) in [5.41, 5.74) is -2.21. The predicted molar refractivity (Wildman–Crippen MR) is 89.3 cm³/mol. The number of hydrogen-bond acceptors (Lipinski definition) is 5. The second-order valence-electron chi connectivity index (χ2n) is 6.90. The molecule has 0 aromatic heterocycles. The second kappa shape index (κ2) is 6.44. The molecular weight excluding hydrogens is 373 g/mol. The lowest BCUT2D eigenvalue weighted by atomic mass is 9.75. The number of nitrogens with zero attached hydrogens (tertiary/aromatic N) is 1. The number of piperidine rings is 1. The van der Waals surface area contributed by atoms with Crippen LogP contribution in [0.15, 0.2) is 23.1 Å². The summed E-state index contributed by atoms with van der Waals surface area (Å²) < 4.78 is 45.7. The Morgan fingerprint density at radius 2 is 1.96 bits per heavy atom. The van der Waals surface area contributed by atoms with Crippen LogP contribution in [0, 0.1) is 5.82 Å². The normalized spacial score (nSPS) is 30.5. The standard InChI is InChI=1S/C16H21ClFNO5S/c1-15(21)6-9-24-16(14(15)20)4-7-19(8-5-16)25(22,23)11-2-3-13(18)12(17)10-11/h2-3,10,14,20-21H,4-9H2,1H3/t14-,15+/m0/s1. The topological polar surface area (TPSA) is 87.1 Å². The molecule has 25 heavy (non-hydrogen) atoms. The first kappa shape index (κ1) is 19.0. The lowest BCUT2D eigenvalue weighted by molar-refractivity contribution is -0.243. The molecule has 140 valence electrons. The quantitative estimate of drug-likeness (QED) is 0.795. The van der Waals surface area contributed by atoms with Gasteiger partial charge in [-0.05, 0) is 38.0 Å². The number of benzene rings is 1. The van der Waals surface area contributed by atoms with Crippen molar-refractivity contribution < 1.29 is 27.8 Å². The third kappa shape index (κ3) is 3.31. The van der Waals surface area contributed by atoms with Gasteiger partial charge >= 0.3 is 0 Å². The van der Waals surface area contributed by atoms with Gasteiger partial charge in [0.15, 0.2) is 0 Å². The maximum Gasteiger partial charge on any atom is 0.243 e. The molecule has 1 aromatic carbocycles. The summed E-state index contributed by atoms with van der Waals surface area (Å²) in [6.45, 7) is 2.13. The fourth-order valence-electron chi connectivity index (χ4n) is 3.55. The van der Waals surface area contributed by atoms with E-state index in [9.17, 15) is 23.0 Å². The molecule has 0 aliphatic carbocycles. The van der Waals surface area contributed by atoms with E-state index in [1.807, 2.05) is 0 Å². The maximum absolute atomic E-state index is 13.3. The number of ether oxygens (including phenoxy) is 1. The summed E-state index contributed by atoms with van der Waals surface area (Å²) in [6, 6.07) is 3.29. The Kier molecular flexibility index (Phi) is 4.89. The van der Waals surface area contributed by atoms with Crippen molar-refractivity contribution in [2.24, 2.45) is 0 Å². The van der Waals surface area contributed by atoms with E-state index in [1.54, 1.807) is 6.92 Å². The highest BCUT2D eigenvalue weighted by atomic mass is 35.5. The number of aliphatic hydroxyl groups is 2. The molecule has 0 amide bonds. The number of halogens is 2. The summed E-state index contributed by atoms with van der Waals surface area (Å²) in [5.74, 6) is -0.681. The minimum atomic E-state index is -3.82. The van der Waals surface area contributed by atoms with Gasteiger partial charge in [0.05, 0.1) is 27.7 Å². The largest absolute Gasteiger partial charge is 0.387 e. The van der Waals surface area contributed by atoms with E-state index < -0.39 is 33.1 Å². The van der Waals surface area contributed by atoms with Gasteiger partial charge < -0.3 is 14.9 Å². The highest BCUT2D eigenvalue weighted by Gasteiger charge is 2.53. The number of aliphatic hydroxyl groups excluding tert-OH is 1. The predicted octanol–water partition coefficient (Wildman–Crippen LogP) is 1.53. The molecular formula is C16H21ClFNO5S. The Hall–Kier alpha value is -0.770. The summed E-state index contributed by atoms with van der Waals surface area (Å²) in [4.78, 5) is -0.0769. The van der Waals surface area contributed by atoms with Crippen molar-refractivity contribution in [3.63, 3.8) is 0 Å². The van der Waals surface area contributed by atoms with Gasteiger partial charge in [-0.25, -0.2) is 12.8 Å². The van der Waals surface area contributed by atoms with Gasteiger partial charge in [-0.3, -0.25) is 0 Å². The average molecular weight is 394 g/mol. The maximum atomic E-state index is 13.3. The van der Waals surface area contributed by atoms with Gasteiger partial charge in [0.1, 0.15) is 11.9 Å². The minimum Gasteiger partial charge on any atom is -0.387 e. The zero-order valence-corrected chi connectivity index (χ0v) is 15.4. The molecule has 2 aliphatic rings. The van der Waals surface area contributed by atoms with Crippen LogP contribution in [0.3, 0.4) is 0 Å². The molecule has 1 spiro atoms. The molecule has 2 atom stereocenters. The summed E-state index contributed by atoms with van der Waals surface area (Å²) >= 11 is 5.69.